The Kier molecular flexibility index (Phi) is 6.11. The first-order chi connectivity index (χ1) is 13.6. The van der Waals surface area contributed by atoms with Gasteiger partial charge in [-0.25, -0.2) is 9.59 Å². The van der Waals surface area contributed by atoms with E-state index < -0.39 is 11.9 Å². The molecule has 0 N–H and O–H groups in total. The van der Waals surface area contributed by atoms with E-state index in [2.05, 4.69) is 0 Å². The fraction of sp³-hybridized carbons (Fsp3) is 0.182. The van der Waals surface area contributed by atoms with Gasteiger partial charge in [-0.15, -0.1) is 0 Å². The van der Waals surface area contributed by atoms with Crippen LogP contribution in [-0.2, 0) is 20.9 Å². The van der Waals surface area contributed by atoms with Crippen molar-refractivity contribution in [1.29, 1.82) is 0 Å². The summed E-state index contributed by atoms with van der Waals surface area (Å²) in [4.78, 5) is 24.3. The van der Waals surface area contributed by atoms with Crippen molar-refractivity contribution in [3.05, 3.63) is 71.5 Å². The number of fused-ring (bicyclic) bond motifs is 1. The van der Waals surface area contributed by atoms with Gasteiger partial charge in [0, 0.05) is 17.0 Å². The lowest BCUT2D eigenvalue weighted by molar-refractivity contribution is -0.138. The van der Waals surface area contributed by atoms with Crippen molar-refractivity contribution >= 4 is 29.0 Å². The molecule has 1 heterocycles. The Morgan fingerprint density at radius 3 is 2.57 bits per heavy atom. The smallest absolute Gasteiger partial charge is 0.374 e. The molecule has 1 aromatic heterocycles. The molecule has 2 aromatic carbocycles. The van der Waals surface area contributed by atoms with Gasteiger partial charge in [0.25, 0.3) is 0 Å². The maximum atomic E-state index is 12.2. The molecule has 0 fully saturated rings. The molecule has 0 bridgehead atoms. The van der Waals surface area contributed by atoms with Crippen LogP contribution in [0.2, 0.25) is 0 Å². The average Bonchev–Trinajstić information content (AvgIpc) is 3.10. The first-order valence-corrected chi connectivity index (χ1v) is 8.79. The van der Waals surface area contributed by atoms with Gasteiger partial charge < -0.3 is 18.6 Å². The third kappa shape index (κ3) is 4.23. The van der Waals surface area contributed by atoms with Crippen molar-refractivity contribution in [2.24, 2.45) is 0 Å². The summed E-state index contributed by atoms with van der Waals surface area (Å²) in [5.74, 6) is -0.443. The zero-order chi connectivity index (χ0) is 19.9. The zero-order valence-electron chi connectivity index (χ0n) is 15.6. The van der Waals surface area contributed by atoms with E-state index in [1.54, 1.807) is 44.4 Å². The number of ether oxygens (including phenoxy) is 3. The van der Waals surface area contributed by atoms with Gasteiger partial charge >= 0.3 is 11.9 Å². The number of furan rings is 1. The topological polar surface area (TPSA) is 75.0 Å². The number of benzene rings is 2. The summed E-state index contributed by atoms with van der Waals surface area (Å²) in [6.07, 6.45) is 2.92. The lowest BCUT2D eigenvalue weighted by Gasteiger charge is -2.05. The average molecular weight is 380 g/mol. The maximum absolute atomic E-state index is 12.2. The predicted molar refractivity (Wildman–Crippen MR) is 104 cm³/mol. The highest BCUT2D eigenvalue weighted by atomic mass is 16.5. The lowest BCUT2D eigenvalue weighted by Crippen LogP contribution is -2.08. The molecule has 28 heavy (non-hydrogen) atoms. The third-order valence-corrected chi connectivity index (χ3v) is 4.06. The lowest BCUT2D eigenvalue weighted by atomic mass is 10.1. The standard InChI is InChI=1S/C22H20O6/c1-3-26-22(24)21-17(16-9-5-7-11-19(16)28-21)14-27-20(23)13-12-15-8-4-6-10-18(15)25-2/h4-13H,3,14H2,1-2H3/b13-12+. The Morgan fingerprint density at radius 1 is 1.04 bits per heavy atom. The minimum absolute atomic E-state index is 0.0459. The van der Waals surface area contributed by atoms with Crippen molar-refractivity contribution in [3.63, 3.8) is 0 Å². The van der Waals surface area contributed by atoms with Gasteiger partial charge in [0.2, 0.25) is 5.76 Å². The Labute approximate surface area is 162 Å². The molecule has 0 atom stereocenters. The summed E-state index contributed by atoms with van der Waals surface area (Å²) < 4.78 is 21.2. The molecule has 0 radical (unpaired) electrons. The molecule has 144 valence electrons. The molecule has 3 aromatic rings. The van der Waals surface area contributed by atoms with Gasteiger partial charge in [0.15, 0.2) is 0 Å². The molecular weight excluding hydrogens is 360 g/mol. The minimum Gasteiger partial charge on any atom is -0.496 e. The van der Waals surface area contributed by atoms with Crippen LogP contribution in [0.4, 0.5) is 0 Å². The predicted octanol–water partition coefficient (Wildman–Crippen LogP) is 4.37. The molecule has 0 spiro atoms. The number of hydrogen-bond acceptors (Lipinski definition) is 6. The molecule has 6 nitrogen and oxygen atoms in total. The van der Waals surface area contributed by atoms with E-state index in [9.17, 15) is 9.59 Å². The van der Waals surface area contributed by atoms with Gasteiger partial charge in [-0.3, -0.25) is 0 Å². The summed E-state index contributed by atoms with van der Waals surface area (Å²) in [6, 6.07) is 14.5. The number of hydrogen-bond donors (Lipinski definition) is 0. The highest BCUT2D eigenvalue weighted by Gasteiger charge is 2.22. The van der Waals surface area contributed by atoms with Crippen molar-refractivity contribution in [2.75, 3.05) is 13.7 Å². The molecule has 0 amide bonds. The molecule has 3 rings (SSSR count). The minimum atomic E-state index is -0.589. The van der Waals surface area contributed by atoms with E-state index >= 15 is 0 Å². The summed E-state index contributed by atoms with van der Waals surface area (Å²) >= 11 is 0. The third-order valence-electron chi connectivity index (χ3n) is 4.06. The Bertz CT molecular complexity index is 1010. The zero-order valence-corrected chi connectivity index (χ0v) is 15.6. The fourth-order valence-electron chi connectivity index (χ4n) is 2.76. The van der Waals surface area contributed by atoms with Crippen molar-refractivity contribution in [3.8, 4) is 5.75 Å². The van der Waals surface area contributed by atoms with Gasteiger partial charge in [0.1, 0.15) is 17.9 Å². The van der Waals surface area contributed by atoms with Gasteiger partial charge in [0.05, 0.1) is 19.3 Å². The van der Waals surface area contributed by atoms with Crippen LogP contribution in [0, 0.1) is 0 Å². The van der Waals surface area contributed by atoms with Crippen molar-refractivity contribution in [2.45, 2.75) is 13.5 Å². The summed E-state index contributed by atoms with van der Waals surface area (Å²) in [6.45, 7) is 1.82. The summed E-state index contributed by atoms with van der Waals surface area (Å²) in [7, 11) is 1.56. The van der Waals surface area contributed by atoms with E-state index in [-0.39, 0.29) is 19.0 Å². The van der Waals surface area contributed by atoms with Crippen LogP contribution in [0.25, 0.3) is 17.0 Å². The van der Waals surface area contributed by atoms with E-state index in [4.69, 9.17) is 18.6 Å². The van der Waals surface area contributed by atoms with Crippen LogP contribution in [0.15, 0.2) is 59.0 Å². The first kappa shape index (κ1) is 19.2. The first-order valence-electron chi connectivity index (χ1n) is 8.79. The Morgan fingerprint density at radius 2 is 1.79 bits per heavy atom. The number of esters is 2. The van der Waals surface area contributed by atoms with Crippen LogP contribution >= 0.6 is 0 Å². The van der Waals surface area contributed by atoms with Crippen LogP contribution in [0.3, 0.4) is 0 Å². The van der Waals surface area contributed by atoms with Crippen molar-refractivity contribution in [1.82, 2.24) is 0 Å². The molecule has 0 saturated heterocycles. The van der Waals surface area contributed by atoms with Crippen LogP contribution < -0.4 is 4.74 Å². The molecule has 0 aliphatic rings. The molecule has 0 unspecified atom stereocenters. The summed E-state index contributed by atoms with van der Waals surface area (Å²) in [5, 5.41) is 0.701. The normalized spacial score (nSPS) is 10.9. The Balaban J connectivity index is 1.77. The van der Waals surface area contributed by atoms with E-state index in [1.165, 1.54) is 6.08 Å². The molecule has 6 heteroatoms. The molecule has 0 saturated carbocycles. The van der Waals surface area contributed by atoms with Gasteiger partial charge in [-0.1, -0.05) is 36.4 Å². The van der Waals surface area contributed by atoms with Crippen LogP contribution in [-0.4, -0.2) is 25.7 Å². The molecule has 0 aliphatic heterocycles. The van der Waals surface area contributed by atoms with Crippen molar-refractivity contribution < 1.29 is 28.2 Å². The number of para-hydroxylation sites is 2. The van der Waals surface area contributed by atoms with Crippen LogP contribution in [0.1, 0.15) is 28.6 Å². The Hall–Kier alpha value is -3.54. The summed E-state index contributed by atoms with van der Waals surface area (Å²) in [5.41, 5.74) is 1.76. The number of methoxy groups -OCH3 is 1. The number of rotatable bonds is 7. The van der Waals surface area contributed by atoms with Gasteiger partial charge in [-0.05, 0) is 25.1 Å². The van der Waals surface area contributed by atoms with E-state index in [1.807, 2.05) is 24.3 Å². The molecular formula is C22H20O6. The van der Waals surface area contributed by atoms with E-state index in [0.717, 1.165) is 5.56 Å². The largest absolute Gasteiger partial charge is 0.496 e. The second kappa shape index (κ2) is 8.90. The van der Waals surface area contributed by atoms with E-state index in [0.29, 0.717) is 22.3 Å². The SMILES string of the molecule is CCOC(=O)c1oc2ccccc2c1COC(=O)/C=C/c1ccccc1OC. The van der Waals surface area contributed by atoms with Gasteiger partial charge in [-0.2, -0.15) is 0 Å². The highest BCUT2D eigenvalue weighted by molar-refractivity contribution is 5.96. The second-order valence-corrected chi connectivity index (χ2v) is 5.81. The molecule has 0 aliphatic carbocycles. The fourth-order valence-corrected chi connectivity index (χ4v) is 2.76. The van der Waals surface area contributed by atoms with Crippen LogP contribution in [0.5, 0.6) is 5.75 Å². The second-order valence-electron chi connectivity index (χ2n) is 5.81. The quantitative estimate of drug-likeness (QED) is 0.447. The number of carbonyl (C=O) groups is 2. The monoisotopic (exact) mass is 380 g/mol. The maximum Gasteiger partial charge on any atom is 0.374 e. The highest BCUT2D eigenvalue weighted by Crippen LogP contribution is 2.27. The number of carbonyl (C=O) groups excluding carboxylic acids is 2.